The van der Waals surface area contributed by atoms with Gasteiger partial charge < -0.3 is 9.47 Å². The third-order valence-corrected chi connectivity index (χ3v) is 4.85. The maximum absolute atomic E-state index is 5.96. The van der Waals surface area contributed by atoms with Gasteiger partial charge in [-0.25, -0.2) is 9.97 Å². The standard InChI is InChI=1S/C19H20ClN5/c20-16-6-7-18(23-12-16)24-10-3-4-15(13-24)19-22-9-11-25(19)14-17-5-1-2-8-21-17/h1-2,5-9,11-12,15H,3-4,10,13-14H2/t15-/m1/s1. The number of nitrogens with zero attached hydrogens (tertiary/aromatic N) is 5. The monoisotopic (exact) mass is 353 g/mol. The second-order valence-electron chi connectivity index (χ2n) is 6.35. The van der Waals surface area contributed by atoms with E-state index in [1.54, 1.807) is 6.20 Å². The Labute approximate surface area is 152 Å². The number of halogens is 1. The summed E-state index contributed by atoms with van der Waals surface area (Å²) in [6, 6.07) is 9.90. The quantitative estimate of drug-likeness (QED) is 0.716. The highest BCUT2D eigenvalue weighted by atomic mass is 35.5. The summed E-state index contributed by atoms with van der Waals surface area (Å²) < 4.78 is 2.21. The highest BCUT2D eigenvalue weighted by molar-refractivity contribution is 6.30. The predicted molar refractivity (Wildman–Crippen MR) is 99.0 cm³/mol. The van der Waals surface area contributed by atoms with Gasteiger partial charge in [-0.05, 0) is 37.1 Å². The lowest BCUT2D eigenvalue weighted by Crippen LogP contribution is -2.36. The normalized spacial score (nSPS) is 17.6. The van der Waals surface area contributed by atoms with Crippen LogP contribution in [0.2, 0.25) is 5.02 Å². The van der Waals surface area contributed by atoms with Gasteiger partial charge in [-0.1, -0.05) is 17.7 Å². The van der Waals surface area contributed by atoms with E-state index in [0.29, 0.717) is 10.9 Å². The molecule has 3 aromatic rings. The molecule has 1 fully saturated rings. The van der Waals surface area contributed by atoms with Crippen molar-refractivity contribution in [3.63, 3.8) is 0 Å². The maximum atomic E-state index is 5.96. The first-order chi connectivity index (χ1) is 12.3. The fourth-order valence-corrected chi connectivity index (χ4v) is 3.54. The predicted octanol–water partition coefficient (Wildman–Crippen LogP) is 3.76. The SMILES string of the molecule is Clc1ccc(N2CCC[C@@H](c3nccn3Cc3ccccn3)C2)nc1. The summed E-state index contributed by atoms with van der Waals surface area (Å²) in [4.78, 5) is 15.9. The van der Waals surface area contributed by atoms with Crippen molar-refractivity contribution in [2.24, 2.45) is 0 Å². The highest BCUT2D eigenvalue weighted by Crippen LogP contribution is 2.29. The number of imidazole rings is 1. The van der Waals surface area contributed by atoms with E-state index in [2.05, 4.69) is 30.5 Å². The molecule has 5 nitrogen and oxygen atoms in total. The first-order valence-corrected chi connectivity index (χ1v) is 8.95. The molecule has 25 heavy (non-hydrogen) atoms. The molecule has 0 bridgehead atoms. The molecule has 6 heteroatoms. The van der Waals surface area contributed by atoms with Crippen LogP contribution in [0.1, 0.15) is 30.3 Å². The molecule has 1 aliphatic rings. The van der Waals surface area contributed by atoms with Crippen molar-refractivity contribution < 1.29 is 0 Å². The maximum Gasteiger partial charge on any atom is 0.128 e. The zero-order chi connectivity index (χ0) is 17.1. The van der Waals surface area contributed by atoms with Gasteiger partial charge in [0.2, 0.25) is 0 Å². The third-order valence-electron chi connectivity index (χ3n) is 4.63. The van der Waals surface area contributed by atoms with E-state index < -0.39 is 0 Å². The Balaban J connectivity index is 1.52. The molecule has 0 amide bonds. The lowest BCUT2D eigenvalue weighted by Gasteiger charge is -2.33. The average molecular weight is 354 g/mol. The van der Waals surface area contributed by atoms with E-state index in [1.807, 2.05) is 42.9 Å². The van der Waals surface area contributed by atoms with E-state index in [1.165, 1.54) is 0 Å². The Morgan fingerprint density at radius 3 is 2.84 bits per heavy atom. The Hall–Kier alpha value is -2.40. The molecular weight excluding hydrogens is 334 g/mol. The van der Waals surface area contributed by atoms with Crippen LogP contribution in [0.25, 0.3) is 0 Å². The van der Waals surface area contributed by atoms with Crippen LogP contribution in [0.3, 0.4) is 0 Å². The van der Waals surface area contributed by atoms with Crippen molar-refractivity contribution in [3.05, 3.63) is 71.7 Å². The molecule has 0 aromatic carbocycles. The highest BCUT2D eigenvalue weighted by Gasteiger charge is 2.25. The van der Waals surface area contributed by atoms with Gasteiger partial charge in [0.05, 0.1) is 17.3 Å². The van der Waals surface area contributed by atoms with Crippen LogP contribution >= 0.6 is 11.6 Å². The summed E-state index contributed by atoms with van der Waals surface area (Å²) in [5.74, 6) is 2.51. The van der Waals surface area contributed by atoms with Gasteiger partial charge in [0, 0.05) is 43.8 Å². The van der Waals surface area contributed by atoms with Gasteiger partial charge in [-0.3, -0.25) is 4.98 Å². The average Bonchev–Trinajstić information content (AvgIpc) is 3.11. The van der Waals surface area contributed by atoms with Gasteiger partial charge in [0.1, 0.15) is 11.6 Å². The minimum Gasteiger partial charge on any atom is -0.356 e. The van der Waals surface area contributed by atoms with Crippen molar-refractivity contribution in [2.75, 3.05) is 18.0 Å². The summed E-state index contributed by atoms with van der Waals surface area (Å²) in [6.45, 7) is 2.70. The van der Waals surface area contributed by atoms with Gasteiger partial charge in [-0.2, -0.15) is 0 Å². The van der Waals surface area contributed by atoms with Crippen molar-refractivity contribution in [1.29, 1.82) is 0 Å². The Morgan fingerprint density at radius 1 is 1.08 bits per heavy atom. The van der Waals surface area contributed by atoms with Crippen LogP contribution in [0, 0.1) is 0 Å². The molecule has 128 valence electrons. The number of pyridine rings is 2. The lowest BCUT2D eigenvalue weighted by molar-refractivity contribution is 0.473. The number of piperidine rings is 1. The molecule has 1 atom stereocenters. The van der Waals surface area contributed by atoms with Crippen LogP contribution in [0.5, 0.6) is 0 Å². The van der Waals surface area contributed by atoms with E-state index in [-0.39, 0.29) is 0 Å². The molecule has 1 aliphatic heterocycles. The van der Waals surface area contributed by atoms with Crippen LogP contribution in [0.15, 0.2) is 55.1 Å². The number of hydrogen-bond acceptors (Lipinski definition) is 4. The molecule has 0 saturated carbocycles. The fourth-order valence-electron chi connectivity index (χ4n) is 3.43. The summed E-state index contributed by atoms with van der Waals surface area (Å²) >= 11 is 5.96. The van der Waals surface area contributed by atoms with E-state index >= 15 is 0 Å². The smallest absolute Gasteiger partial charge is 0.128 e. The molecule has 0 radical (unpaired) electrons. The zero-order valence-electron chi connectivity index (χ0n) is 13.9. The van der Waals surface area contributed by atoms with Gasteiger partial charge in [-0.15, -0.1) is 0 Å². The topological polar surface area (TPSA) is 46.8 Å². The molecule has 0 aliphatic carbocycles. The van der Waals surface area contributed by atoms with Crippen LogP contribution in [-0.2, 0) is 6.54 Å². The second kappa shape index (κ2) is 7.23. The lowest BCUT2D eigenvalue weighted by atomic mass is 9.97. The first-order valence-electron chi connectivity index (χ1n) is 8.57. The Bertz CT molecular complexity index is 815. The molecule has 3 aromatic heterocycles. The van der Waals surface area contributed by atoms with E-state index in [0.717, 1.165) is 49.8 Å². The number of hydrogen-bond donors (Lipinski definition) is 0. The molecule has 0 unspecified atom stereocenters. The third kappa shape index (κ3) is 3.66. The number of aromatic nitrogens is 4. The number of rotatable bonds is 4. The summed E-state index contributed by atoms with van der Waals surface area (Å²) in [6.07, 6.45) is 9.75. The first kappa shape index (κ1) is 16.1. The largest absolute Gasteiger partial charge is 0.356 e. The van der Waals surface area contributed by atoms with Crippen molar-refractivity contribution in [1.82, 2.24) is 19.5 Å². The minimum atomic E-state index is 0.393. The van der Waals surface area contributed by atoms with Crippen molar-refractivity contribution in [2.45, 2.75) is 25.3 Å². The summed E-state index contributed by atoms with van der Waals surface area (Å²) in [5.41, 5.74) is 1.05. The van der Waals surface area contributed by atoms with E-state index in [4.69, 9.17) is 11.6 Å². The minimum absolute atomic E-state index is 0.393. The molecular formula is C19H20ClN5. The molecule has 0 N–H and O–H groups in total. The van der Waals surface area contributed by atoms with Gasteiger partial charge >= 0.3 is 0 Å². The Morgan fingerprint density at radius 2 is 2.04 bits per heavy atom. The Kier molecular flexibility index (Phi) is 4.65. The number of anilines is 1. The van der Waals surface area contributed by atoms with Crippen LogP contribution in [-0.4, -0.2) is 32.6 Å². The molecule has 4 heterocycles. The summed E-state index contributed by atoms with van der Waals surface area (Å²) in [5, 5.41) is 0.670. The molecule has 4 rings (SSSR count). The van der Waals surface area contributed by atoms with Gasteiger partial charge in [0.15, 0.2) is 0 Å². The fraction of sp³-hybridized carbons (Fsp3) is 0.316. The van der Waals surface area contributed by atoms with Crippen molar-refractivity contribution in [3.8, 4) is 0 Å². The molecule has 0 spiro atoms. The van der Waals surface area contributed by atoms with Gasteiger partial charge in [0.25, 0.3) is 0 Å². The van der Waals surface area contributed by atoms with Crippen molar-refractivity contribution >= 4 is 17.4 Å². The second-order valence-corrected chi connectivity index (χ2v) is 6.79. The summed E-state index contributed by atoms with van der Waals surface area (Å²) in [7, 11) is 0. The van der Waals surface area contributed by atoms with E-state index in [9.17, 15) is 0 Å². The zero-order valence-corrected chi connectivity index (χ0v) is 14.7. The van der Waals surface area contributed by atoms with Crippen LogP contribution in [0.4, 0.5) is 5.82 Å². The molecule has 1 saturated heterocycles. The van der Waals surface area contributed by atoms with Crippen LogP contribution < -0.4 is 4.90 Å².